The first-order chi connectivity index (χ1) is 14.7. The van der Waals surface area contributed by atoms with Crippen LogP contribution < -0.4 is 4.72 Å². The number of fused-ring (bicyclic) bond motifs is 1. The Kier molecular flexibility index (Phi) is 6.98. The van der Waals surface area contributed by atoms with Gasteiger partial charge in [-0.25, -0.2) is 13.1 Å². The molecule has 11 heteroatoms. The van der Waals surface area contributed by atoms with Crippen molar-refractivity contribution in [2.75, 3.05) is 19.6 Å². The van der Waals surface area contributed by atoms with Crippen molar-refractivity contribution in [1.29, 1.82) is 0 Å². The maximum atomic E-state index is 12.5. The number of nitro benzene ring substituents is 2. The normalized spacial score (nSPS) is 14.2. The van der Waals surface area contributed by atoms with Crippen LogP contribution in [0.25, 0.3) is 0 Å². The quantitative estimate of drug-likeness (QED) is 0.354. The molecule has 1 heterocycles. The highest BCUT2D eigenvalue weighted by Gasteiger charge is 2.21. The molecule has 1 aliphatic heterocycles. The zero-order valence-electron chi connectivity index (χ0n) is 17.1. The Morgan fingerprint density at radius 1 is 1.00 bits per heavy atom. The molecule has 0 unspecified atom stereocenters. The highest BCUT2D eigenvalue weighted by molar-refractivity contribution is 7.89. The topological polar surface area (TPSA) is 136 Å². The van der Waals surface area contributed by atoms with E-state index in [0.717, 1.165) is 43.1 Å². The highest BCUT2D eigenvalue weighted by Crippen LogP contribution is 2.24. The van der Waals surface area contributed by atoms with E-state index < -0.39 is 19.9 Å². The molecular formula is C20H24N4O6S. The van der Waals surface area contributed by atoms with Gasteiger partial charge in [-0.1, -0.05) is 12.1 Å². The van der Waals surface area contributed by atoms with Crippen molar-refractivity contribution in [3.8, 4) is 0 Å². The van der Waals surface area contributed by atoms with Crippen LogP contribution in [0.3, 0.4) is 0 Å². The van der Waals surface area contributed by atoms with Crippen LogP contribution in [0.5, 0.6) is 0 Å². The number of aryl methyl sites for hydroxylation is 1. The summed E-state index contributed by atoms with van der Waals surface area (Å²) in [6, 6.07) is 8.74. The molecule has 3 rings (SSSR count). The van der Waals surface area contributed by atoms with Crippen LogP contribution >= 0.6 is 0 Å². The van der Waals surface area contributed by atoms with Gasteiger partial charge in [0.25, 0.3) is 11.4 Å². The molecule has 2 aromatic carbocycles. The predicted octanol–water partition coefficient (Wildman–Crippen LogP) is 2.93. The van der Waals surface area contributed by atoms with Crippen LogP contribution in [-0.4, -0.2) is 42.8 Å². The Morgan fingerprint density at radius 2 is 1.68 bits per heavy atom. The number of non-ortho nitro benzene ring substituents is 2. The van der Waals surface area contributed by atoms with Crippen LogP contribution in [0.1, 0.15) is 29.5 Å². The van der Waals surface area contributed by atoms with Crippen molar-refractivity contribution in [2.45, 2.75) is 37.6 Å². The molecule has 0 spiro atoms. The number of nitro groups is 2. The van der Waals surface area contributed by atoms with Gasteiger partial charge in [-0.15, -0.1) is 0 Å². The lowest BCUT2D eigenvalue weighted by atomic mass is 9.99. The minimum Gasteiger partial charge on any atom is -0.299 e. The van der Waals surface area contributed by atoms with E-state index in [1.165, 1.54) is 18.2 Å². The molecule has 0 aromatic heterocycles. The molecule has 0 bridgehead atoms. The van der Waals surface area contributed by atoms with Crippen molar-refractivity contribution < 1.29 is 18.3 Å². The van der Waals surface area contributed by atoms with Crippen molar-refractivity contribution in [2.24, 2.45) is 0 Å². The summed E-state index contributed by atoms with van der Waals surface area (Å²) in [4.78, 5) is 23.0. The molecule has 10 nitrogen and oxygen atoms in total. The Morgan fingerprint density at radius 3 is 2.39 bits per heavy atom. The summed E-state index contributed by atoms with van der Waals surface area (Å²) in [5.41, 5.74) is 2.35. The molecule has 0 atom stereocenters. The van der Waals surface area contributed by atoms with E-state index in [1.807, 2.05) is 6.07 Å². The highest BCUT2D eigenvalue weighted by atomic mass is 32.2. The number of nitrogens with zero attached hydrogens (tertiary/aromatic N) is 3. The third kappa shape index (κ3) is 5.63. The Labute approximate surface area is 180 Å². The van der Waals surface area contributed by atoms with Gasteiger partial charge in [0.1, 0.15) is 0 Å². The number of nitrogens with one attached hydrogen (secondary N) is 1. The predicted molar refractivity (Wildman–Crippen MR) is 114 cm³/mol. The Bertz CT molecular complexity index is 1100. The van der Waals surface area contributed by atoms with Gasteiger partial charge in [-0.2, -0.15) is 0 Å². The molecule has 0 radical (unpaired) electrons. The molecule has 166 valence electrons. The van der Waals surface area contributed by atoms with Gasteiger partial charge in [-0.3, -0.25) is 25.1 Å². The zero-order chi connectivity index (χ0) is 22.6. The minimum atomic E-state index is -3.84. The second-order valence-corrected chi connectivity index (χ2v) is 9.28. The minimum absolute atomic E-state index is 0.0871. The molecule has 0 fully saturated rings. The molecule has 1 N–H and O–H groups in total. The van der Waals surface area contributed by atoms with E-state index in [-0.39, 0.29) is 22.8 Å². The number of hydrogen-bond donors (Lipinski definition) is 1. The maximum Gasteiger partial charge on any atom is 0.270 e. The average molecular weight is 449 g/mol. The number of rotatable bonds is 9. The van der Waals surface area contributed by atoms with Crippen LogP contribution in [-0.2, 0) is 23.0 Å². The van der Waals surface area contributed by atoms with E-state index >= 15 is 0 Å². The smallest absolute Gasteiger partial charge is 0.270 e. The van der Waals surface area contributed by atoms with Crippen molar-refractivity contribution in [1.82, 2.24) is 9.62 Å². The van der Waals surface area contributed by atoms with E-state index in [2.05, 4.69) is 9.62 Å². The molecule has 2 aromatic rings. The van der Waals surface area contributed by atoms with Crippen molar-refractivity contribution in [3.05, 3.63) is 73.3 Å². The second kappa shape index (κ2) is 9.50. The standard InChI is InChI=1S/C20H24N4O6S/c1-15-4-6-19(24(27)28)13-20(15)31(29,30)21-9-2-3-10-22-11-8-16-5-7-18(23(25)26)12-17(16)14-22/h4-7,12-13,21H,2-3,8-11,14H2,1H3. The van der Waals surface area contributed by atoms with Crippen LogP contribution in [0.4, 0.5) is 11.4 Å². The molecule has 0 saturated carbocycles. The summed E-state index contributed by atoms with van der Waals surface area (Å²) in [5, 5.41) is 21.9. The monoisotopic (exact) mass is 448 g/mol. The van der Waals surface area contributed by atoms with E-state index in [0.29, 0.717) is 18.5 Å². The first kappa shape index (κ1) is 22.8. The number of sulfonamides is 1. The van der Waals surface area contributed by atoms with Gasteiger partial charge in [-0.05, 0) is 49.4 Å². The summed E-state index contributed by atoms with van der Waals surface area (Å²) in [6.07, 6.45) is 2.18. The number of hydrogen-bond acceptors (Lipinski definition) is 7. The lowest BCUT2D eigenvalue weighted by molar-refractivity contribution is -0.385. The van der Waals surface area contributed by atoms with Gasteiger partial charge in [0, 0.05) is 43.9 Å². The van der Waals surface area contributed by atoms with Crippen molar-refractivity contribution >= 4 is 21.4 Å². The van der Waals surface area contributed by atoms with Crippen LogP contribution in [0.2, 0.25) is 0 Å². The molecule has 0 amide bonds. The third-order valence-electron chi connectivity index (χ3n) is 5.36. The molecule has 0 aliphatic carbocycles. The van der Waals surface area contributed by atoms with Gasteiger partial charge in [0.2, 0.25) is 10.0 Å². The SMILES string of the molecule is Cc1ccc([N+](=O)[O-])cc1S(=O)(=O)NCCCCN1CCc2ccc([N+](=O)[O-])cc2C1. The average Bonchev–Trinajstić information content (AvgIpc) is 2.72. The Balaban J connectivity index is 1.49. The lowest BCUT2D eigenvalue weighted by Crippen LogP contribution is -2.32. The lowest BCUT2D eigenvalue weighted by Gasteiger charge is -2.28. The van der Waals surface area contributed by atoms with E-state index in [4.69, 9.17) is 0 Å². The zero-order valence-corrected chi connectivity index (χ0v) is 17.9. The summed E-state index contributed by atoms with van der Waals surface area (Å²) in [6.45, 7) is 4.05. The van der Waals surface area contributed by atoms with Gasteiger partial charge < -0.3 is 0 Å². The van der Waals surface area contributed by atoms with E-state index in [9.17, 15) is 28.6 Å². The maximum absolute atomic E-state index is 12.5. The van der Waals surface area contributed by atoms with Gasteiger partial charge in [0.15, 0.2) is 0 Å². The van der Waals surface area contributed by atoms with Crippen LogP contribution in [0, 0.1) is 27.2 Å². The Hall–Kier alpha value is -2.89. The first-order valence-corrected chi connectivity index (χ1v) is 11.4. The van der Waals surface area contributed by atoms with Crippen LogP contribution in [0.15, 0.2) is 41.3 Å². The molecule has 31 heavy (non-hydrogen) atoms. The summed E-state index contributed by atoms with van der Waals surface area (Å²) in [7, 11) is -3.84. The summed E-state index contributed by atoms with van der Waals surface area (Å²) < 4.78 is 27.5. The summed E-state index contributed by atoms with van der Waals surface area (Å²) in [5.74, 6) is 0. The largest absolute Gasteiger partial charge is 0.299 e. The third-order valence-corrected chi connectivity index (χ3v) is 6.96. The molecule has 0 saturated heterocycles. The molecule has 1 aliphatic rings. The van der Waals surface area contributed by atoms with Gasteiger partial charge in [0.05, 0.1) is 14.7 Å². The van der Waals surface area contributed by atoms with Gasteiger partial charge >= 0.3 is 0 Å². The number of benzene rings is 2. The summed E-state index contributed by atoms with van der Waals surface area (Å²) >= 11 is 0. The number of unbranched alkanes of at least 4 members (excludes halogenated alkanes) is 1. The fraction of sp³-hybridized carbons (Fsp3) is 0.400. The van der Waals surface area contributed by atoms with Crippen molar-refractivity contribution in [3.63, 3.8) is 0 Å². The van der Waals surface area contributed by atoms with E-state index in [1.54, 1.807) is 13.0 Å². The second-order valence-electron chi connectivity index (χ2n) is 7.55. The first-order valence-electron chi connectivity index (χ1n) is 9.90. The fourth-order valence-electron chi connectivity index (χ4n) is 3.64. The fourth-order valence-corrected chi connectivity index (χ4v) is 4.98. The molecular weight excluding hydrogens is 424 g/mol.